The van der Waals surface area contributed by atoms with Gasteiger partial charge in [-0.3, -0.25) is 0 Å². The maximum Gasteiger partial charge on any atom is 0.00387 e. The molecule has 0 aliphatic carbocycles. The van der Waals surface area contributed by atoms with Crippen LogP contribution in [-0.4, -0.2) is 12.6 Å². The van der Waals surface area contributed by atoms with Crippen molar-refractivity contribution in [3.05, 3.63) is 0 Å². The number of hydrogen-bond acceptors (Lipinski definition) is 1. The molecule has 0 aromatic heterocycles. The lowest BCUT2D eigenvalue weighted by Gasteiger charge is -2.20. The van der Waals surface area contributed by atoms with Crippen molar-refractivity contribution in [1.29, 1.82) is 0 Å². The lowest BCUT2D eigenvalue weighted by Crippen LogP contribution is -2.29. The van der Waals surface area contributed by atoms with Crippen molar-refractivity contribution >= 4 is 0 Å². The molecule has 15 heavy (non-hydrogen) atoms. The molecule has 0 fully saturated rings. The summed E-state index contributed by atoms with van der Waals surface area (Å²) >= 11 is 0. The second kappa shape index (κ2) is 7.27. The minimum absolute atomic E-state index is 0.463. The van der Waals surface area contributed by atoms with Crippen LogP contribution in [0.1, 0.15) is 67.2 Å². The van der Waals surface area contributed by atoms with E-state index < -0.39 is 0 Å². The minimum Gasteiger partial charge on any atom is -0.314 e. The smallest absolute Gasteiger partial charge is 0.00387 e. The van der Waals surface area contributed by atoms with Gasteiger partial charge in [0, 0.05) is 6.04 Å². The van der Waals surface area contributed by atoms with E-state index >= 15 is 0 Å². The molecule has 0 spiro atoms. The lowest BCUT2D eigenvalue weighted by molar-refractivity contribution is 0.350. The maximum atomic E-state index is 3.61. The molecule has 1 unspecified atom stereocenters. The van der Waals surface area contributed by atoms with Gasteiger partial charge < -0.3 is 5.32 Å². The third-order valence-electron chi connectivity index (χ3n) is 2.79. The number of nitrogens with one attached hydrogen (secondary N) is 1. The van der Waals surface area contributed by atoms with Crippen molar-refractivity contribution < 1.29 is 0 Å². The van der Waals surface area contributed by atoms with E-state index in [4.69, 9.17) is 0 Å². The first-order valence-electron chi connectivity index (χ1n) is 6.54. The first-order chi connectivity index (χ1) is 6.81. The highest BCUT2D eigenvalue weighted by atomic mass is 14.9. The number of rotatable bonds is 7. The second-order valence-electron chi connectivity index (χ2n) is 6.49. The summed E-state index contributed by atoms with van der Waals surface area (Å²) in [5.74, 6) is 0.853. The van der Waals surface area contributed by atoms with E-state index in [0.29, 0.717) is 11.5 Å². The zero-order chi connectivity index (χ0) is 11.9. The van der Waals surface area contributed by atoms with Crippen LogP contribution in [0, 0.1) is 11.3 Å². The van der Waals surface area contributed by atoms with Crippen LogP contribution < -0.4 is 5.32 Å². The maximum absolute atomic E-state index is 3.61. The van der Waals surface area contributed by atoms with E-state index in [-0.39, 0.29) is 0 Å². The molecule has 0 saturated heterocycles. The van der Waals surface area contributed by atoms with Crippen LogP contribution in [0.3, 0.4) is 0 Å². The van der Waals surface area contributed by atoms with Gasteiger partial charge in [-0.2, -0.15) is 0 Å². The van der Waals surface area contributed by atoms with Crippen molar-refractivity contribution in [1.82, 2.24) is 5.32 Å². The Hall–Kier alpha value is -0.0400. The molecule has 0 amide bonds. The van der Waals surface area contributed by atoms with E-state index in [2.05, 4.69) is 46.9 Å². The Morgan fingerprint density at radius 3 is 2.07 bits per heavy atom. The Morgan fingerprint density at radius 2 is 1.60 bits per heavy atom. The van der Waals surface area contributed by atoms with Gasteiger partial charge in [-0.15, -0.1) is 0 Å². The van der Waals surface area contributed by atoms with Crippen molar-refractivity contribution in [2.24, 2.45) is 11.3 Å². The van der Waals surface area contributed by atoms with Crippen LogP contribution in [0.4, 0.5) is 0 Å². The molecule has 0 aliphatic rings. The third-order valence-corrected chi connectivity index (χ3v) is 2.79. The largest absolute Gasteiger partial charge is 0.314 e. The third kappa shape index (κ3) is 11.9. The van der Waals surface area contributed by atoms with Crippen molar-refractivity contribution in [3.63, 3.8) is 0 Å². The van der Waals surface area contributed by atoms with Crippen molar-refractivity contribution in [2.45, 2.75) is 73.3 Å². The molecular weight excluding hydrogens is 182 g/mol. The van der Waals surface area contributed by atoms with Gasteiger partial charge in [-0.1, -0.05) is 47.5 Å². The predicted octanol–water partition coefficient (Wildman–Crippen LogP) is 4.23. The molecule has 0 rings (SSSR count). The highest BCUT2D eigenvalue weighted by molar-refractivity contribution is 4.66. The molecule has 1 N–H and O–H groups in total. The standard InChI is InChI=1S/C14H31N/c1-12(2)8-7-9-13(3)15-11-10-14(4,5)6/h12-13,15H,7-11H2,1-6H3. The first-order valence-corrected chi connectivity index (χ1v) is 6.54. The highest BCUT2D eigenvalue weighted by Crippen LogP contribution is 2.17. The fourth-order valence-corrected chi connectivity index (χ4v) is 1.63. The van der Waals surface area contributed by atoms with Gasteiger partial charge in [0.2, 0.25) is 0 Å². The molecule has 1 nitrogen and oxygen atoms in total. The van der Waals surface area contributed by atoms with Crippen LogP contribution in [0.25, 0.3) is 0 Å². The molecule has 0 aromatic carbocycles. The van der Waals surface area contributed by atoms with Gasteiger partial charge in [-0.25, -0.2) is 0 Å². The topological polar surface area (TPSA) is 12.0 Å². The van der Waals surface area contributed by atoms with Crippen LogP contribution in [0.2, 0.25) is 0 Å². The summed E-state index contributed by atoms with van der Waals surface area (Å²) in [6, 6.07) is 0.686. The summed E-state index contributed by atoms with van der Waals surface area (Å²) in [6.45, 7) is 15.0. The Bertz CT molecular complexity index is 144. The Kier molecular flexibility index (Phi) is 7.25. The zero-order valence-corrected chi connectivity index (χ0v) is 11.7. The first kappa shape index (κ1) is 15.0. The van der Waals surface area contributed by atoms with Crippen LogP contribution in [0.15, 0.2) is 0 Å². The fraction of sp³-hybridized carbons (Fsp3) is 1.00. The Balaban J connectivity index is 3.37. The number of hydrogen-bond donors (Lipinski definition) is 1. The monoisotopic (exact) mass is 213 g/mol. The second-order valence-corrected chi connectivity index (χ2v) is 6.49. The van der Waals surface area contributed by atoms with E-state index in [1.165, 1.54) is 25.7 Å². The Morgan fingerprint density at radius 1 is 1.00 bits per heavy atom. The van der Waals surface area contributed by atoms with Gasteiger partial charge in [0.25, 0.3) is 0 Å². The van der Waals surface area contributed by atoms with E-state index in [1.54, 1.807) is 0 Å². The van der Waals surface area contributed by atoms with Gasteiger partial charge >= 0.3 is 0 Å². The van der Waals surface area contributed by atoms with Crippen molar-refractivity contribution in [2.75, 3.05) is 6.54 Å². The Labute approximate surface area is 97.0 Å². The summed E-state index contributed by atoms with van der Waals surface area (Å²) in [6.07, 6.45) is 5.32. The highest BCUT2D eigenvalue weighted by Gasteiger charge is 2.10. The average molecular weight is 213 g/mol. The van der Waals surface area contributed by atoms with Gasteiger partial charge in [0.15, 0.2) is 0 Å². The molecule has 92 valence electrons. The summed E-state index contributed by atoms with van der Waals surface area (Å²) in [5.41, 5.74) is 0.463. The molecular formula is C14H31N. The predicted molar refractivity (Wildman–Crippen MR) is 70.2 cm³/mol. The molecule has 0 radical (unpaired) electrons. The zero-order valence-electron chi connectivity index (χ0n) is 11.7. The molecule has 0 heterocycles. The molecule has 0 aromatic rings. The minimum atomic E-state index is 0.463. The van der Waals surface area contributed by atoms with Crippen LogP contribution in [-0.2, 0) is 0 Å². The van der Waals surface area contributed by atoms with Gasteiger partial charge in [0.1, 0.15) is 0 Å². The quantitative estimate of drug-likeness (QED) is 0.667. The molecule has 0 saturated carbocycles. The lowest BCUT2D eigenvalue weighted by atomic mass is 9.92. The summed E-state index contributed by atoms with van der Waals surface area (Å²) < 4.78 is 0. The fourth-order valence-electron chi connectivity index (χ4n) is 1.63. The summed E-state index contributed by atoms with van der Waals surface area (Å²) in [5, 5.41) is 3.61. The molecule has 1 heteroatoms. The summed E-state index contributed by atoms with van der Waals surface area (Å²) in [4.78, 5) is 0. The molecule has 0 aliphatic heterocycles. The van der Waals surface area contributed by atoms with E-state index in [0.717, 1.165) is 12.5 Å². The van der Waals surface area contributed by atoms with Crippen LogP contribution in [0.5, 0.6) is 0 Å². The van der Waals surface area contributed by atoms with Gasteiger partial charge in [-0.05, 0) is 37.6 Å². The molecule has 0 bridgehead atoms. The molecule has 1 atom stereocenters. The van der Waals surface area contributed by atoms with Crippen molar-refractivity contribution in [3.8, 4) is 0 Å². The van der Waals surface area contributed by atoms with Crippen LogP contribution >= 0.6 is 0 Å². The van der Waals surface area contributed by atoms with Gasteiger partial charge in [0.05, 0.1) is 0 Å². The van der Waals surface area contributed by atoms with E-state index in [9.17, 15) is 0 Å². The summed E-state index contributed by atoms with van der Waals surface area (Å²) in [7, 11) is 0. The SMILES string of the molecule is CC(C)CCCC(C)NCCC(C)(C)C. The average Bonchev–Trinajstić information content (AvgIpc) is 2.00. The van der Waals surface area contributed by atoms with E-state index in [1.807, 2.05) is 0 Å². The normalized spacial score (nSPS) is 14.6.